The van der Waals surface area contributed by atoms with E-state index in [1.54, 1.807) is 13.8 Å². The standard InChI is InChI=1S/C23H22ClF6N5O/c1-11-18(12(2)34(32-11)10-14-5-4-6-16(9-14)22(25,26)27)31-21(36)13(3)35-19(15-7-8-15)17(24)20(33-35)23(28,29)30/h4-6,9,13,15H,7-8,10H2,1-3H3,(H,31,36). The van der Waals surface area contributed by atoms with Crippen LogP contribution in [0.3, 0.4) is 0 Å². The Balaban J connectivity index is 1.57. The van der Waals surface area contributed by atoms with E-state index in [4.69, 9.17) is 11.6 Å². The molecule has 3 aromatic rings. The summed E-state index contributed by atoms with van der Waals surface area (Å²) in [5, 5.41) is 10.1. The summed E-state index contributed by atoms with van der Waals surface area (Å²) in [5.74, 6) is -0.829. The van der Waals surface area contributed by atoms with Gasteiger partial charge in [0, 0.05) is 5.92 Å². The summed E-state index contributed by atoms with van der Waals surface area (Å²) >= 11 is 6.01. The van der Waals surface area contributed by atoms with E-state index in [9.17, 15) is 31.1 Å². The van der Waals surface area contributed by atoms with Crippen LogP contribution < -0.4 is 5.32 Å². The van der Waals surface area contributed by atoms with Crippen LogP contribution in [0.4, 0.5) is 32.0 Å². The van der Waals surface area contributed by atoms with E-state index in [-0.39, 0.29) is 18.2 Å². The van der Waals surface area contributed by atoms with Gasteiger partial charge < -0.3 is 5.32 Å². The Morgan fingerprint density at radius 2 is 1.81 bits per heavy atom. The van der Waals surface area contributed by atoms with Gasteiger partial charge >= 0.3 is 12.4 Å². The van der Waals surface area contributed by atoms with Crippen molar-refractivity contribution < 1.29 is 31.1 Å². The highest BCUT2D eigenvalue weighted by Gasteiger charge is 2.43. The van der Waals surface area contributed by atoms with Crippen molar-refractivity contribution in [2.24, 2.45) is 0 Å². The summed E-state index contributed by atoms with van der Waals surface area (Å²) in [4.78, 5) is 13.0. The van der Waals surface area contributed by atoms with Crippen LogP contribution in [0.2, 0.25) is 5.02 Å². The molecule has 1 unspecified atom stereocenters. The summed E-state index contributed by atoms with van der Waals surface area (Å²) in [7, 11) is 0. The Labute approximate surface area is 207 Å². The lowest BCUT2D eigenvalue weighted by Crippen LogP contribution is -2.26. The fourth-order valence-electron chi connectivity index (χ4n) is 4.02. The van der Waals surface area contributed by atoms with Crippen LogP contribution in [0, 0.1) is 13.8 Å². The smallest absolute Gasteiger partial charge is 0.321 e. The van der Waals surface area contributed by atoms with Gasteiger partial charge in [0.1, 0.15) is 6.04 Å². The molecule has 4 rings (SSSR count). The van der Waals surface area contributed by atoms with E-state index in [0.29, 0.717) is 35.5 Å². The lowest BCUT2D eigenvalue weighted by Gasteiger charge is -2.16. The van der Waals surface area contributed by atoms with Crippen molar-refractivity contribution in [3.63, 3.8) is 0 Å². The van der Waals surface area contributed by atoms with Gasteiger partial charge in [-0.1, -0.05) is 23.7 Å². The number of aromatic nitrogens is 4. The van der Waals surface area contributed by atoms with Crippen molar-refractivity contribution in [1.82, 2.24) is 19.6 Å². The summed E-state index contributed by atoms with van der Waals surface area (Å²) in [5.41, 5.74) is -0.277. The molecule has 0 radical (unpaired) electrons. The van der Waals surface area contributed by atoms with Gasteiger partial charge in [0.15, 0.2) is 5.69 Å². The SMILES string of the molecule is Cc1nn(Cc2cccc(C(F)(F)F)c2)c(C)c1NC(=O)C(C)n1nc(C(F)(F)F)c(Cl)c1C1CC1. The molecule has 1 atom stereocenters. The second-order valence-corrected chi connectivity index (χ2v) is 9.21. The van der Waals surface area contributed by atoms with Gasteiger partial charge in [-0.25, -0.2) is 0 Å². The third kappa shape index (κ3) is 5.09. The average molecular weight is 534 g/mol. The van der Waals surface area contributed by atoms with E-state index in [2.05, 4.69) is 15.5 Å². The first kappa shape index (κ1) is 26.1. The van der Waals surface area contributed by atoms with Gasteiger partial charge in [-0.2, -0.15) is 36.5 Å². The number of aryl methyl sites for hydroxylation is 1. The number of hydrogen-bond acceptors (Lipinski definition) is 3. The molecular weight excluding hydrogens is 512 g/mol. The van der Waals surface area contributed by atoms with Crippen LogP contribution >= 0.6 is 11.6 Å². The minimum atomic E-state index is -4.76. The Kier molecular flexibility index (Phi) is 6.61. The molecule has 0 aliphatic heterocycles. The molecule has 1 aliphatic rings. The van der Waals surface area contributed by atoms with Crippen molar-refractivity contribution in [2.45, 2.75) is 64.5 Å². The normalized spacial score (nSPS) is 15.3. The van der Waals surface area contributed by atoms with Crippen LogP contribution in [-0.2, 0) is 23.7 Å². The maximum absolute atomic E-state index is 13.4. The first-order chi connectivity index (χ1) is 16.7. The van der Waals surface area contributed by atoms with Crippen LogP contribution in [0.25, 0.3) is 0 Å². The molecule has 194 valence electrons. The average Bonchev–Trinajstić information content (AvgIpc) is 3.50. The minimum absolute atomic E-state index is 0.0253. The maximum atomic E-state index is 13.4. The molecule has 1 N–H and O–H groups in total. The van der Waals surface area contributed by atoms with Gasteiger partial charge in [0.25, 0.3) is 0 Å². The summed E-state index contributed by atoms with van der Waals surface area (Å²) in [6.07, 6.45) is -7.95. The molecule has 0 bridgehead atoms. The van der Waals surface area contributed by atoms with E-state index >= 15 is 0 Å². The molecule has 0 spiro atoms. The van der Waals surface area contributed by atoms with Crippen molar-refractivity contribution >= 4 is 23.2 Å². The highest BCUT2D eigenvalue weighted by atomic mass is 35.5. The Hall–Kier alpha value is -3.02. The molecule has 1 fully saturated rings. The lowest BCUT2D eigenvalue weighted by molar-refractivity contribution is -0.141. The number of hydrogen-bond donors (Lipinski definition) is 1. The second kappa shape index (κ2) is 9.13. The van der Waals surface area contributed by atoms with E-state index in [1.807, 2.05) is 0 Å². The fourth-order valence-corrected chi connectivity index (χ4v) is 4.40. The Bertz CT molecular complexity index is 1310. The maximum Gasteiger partial charge on any atom is 0.436 e. The third-order valence-electron chi connectivity index (χ3n) is 6.08. The van der Waals surface area contributed by atoms with Gasteiger partial charge in [-0.15, -0.1) is 0 Å². The first-order valence-electron chi connectivity index (χ1n) is 11.0. The van der Waals surface area contributed by atoms with E-state index < -0.39 is 40.6 Å². The van der Waals surface area contributed by atoms with Crippen LogP contribution in [0.5, 0.6) is 0 Å². The second-order valence-electron chi connectivity index (χ2n) is 8.83. The van der Waals surface area contributed by atoms with Crippen molar-refractivity contribution in [3.8, 4) is 0 Å². The monoisotopic (exact) mass is 533 g/mol. The third-order valence-corrected chi connectivity index (χ3v) is 6.46. The van der Waals surface area contributed by atoms with Gasteiger partial charge in [0.05, 0.1) is 39.9 Å². The molecule has 2 aromatic heterocycles. The number of amides is 1. The summed E-state index contributed by atoms with van der Waals surface area (Å²) < 4.78 is 81.7. The quantitative estimate of drug-likeness (QED) is 0.367. The number of alkyl halides is 6. The highest BCUT2D eigenvalue weighted by molar-refractivity contribution is 6.32. The highest BCUT2D eigenvalue weighted by Crippen LogP contribution is 2.47. The number of carbonyl (C=O) groups is 1. The predicted octanol–water partition coefficient (Wildman–Crippen LogP) is 6.51. The molecule has 6 nitrogen and oxygen atoms in total. The molecule has 13 heteroatoms. The Morgan fingerprint density at radius 1 is 1.14 bits per heavy atom. The molecule has 1 amide bonds. The lowest BCUT2D eigenvalue weighted by atomic mass is 10.1. The number of anilines is 1. The van der Waals surface area contributed by atoms with Gasteiger partial charge in [0.2, 0.25) is 5.91 Å². The zero-order valence-electron chi connectivity index (χ0n) is 19.4. The first-order valence-corrected chi connectivity index (χ1v) is 11.4. The summed E-state index contributed by atoms with van der Waals surface area (Å²) in [6, 6.07) is 3.72. The molecule has 1 saturated carbocycles. The minimum Gasteiger partial charge on any atom is -0.321 e. The fraction of sp³-hybridized carbons (Fsp3) is 0.435. The summed E-state index contributed by atoms with van der Waals surface area (Å²) in [6.45, 7) is 4.69. The van der Waals surface area contributed by atoms with Crippen LogP contribution in [-0.4, -0.2) is 25.5 Å². The zero-order valence-corrected chi connectivity index (χ0v) is 20.2. The number of benzene rings is 1. The molecule has 2 heterocycles. The number of carbonyl (C=O) groups excluding carboxylic acids is 1. The predicted molar refractivity (Wildman–Crippen MR) is 120 cm³/mol. The molecule has 1 aromatic carbocycles. The van der Waals surface area contributed by atoms with E-state index in [1.165, 1.54) is 23.7 Å². The van der Waals surface area contributed by atoms with Gasteiger partial charge in [-0.05, 0) is 51.3 Å². The molecule has 36 heavy (non-hydrogen) atoms. The molecular formula is C23H22ClF6N5O. The number of nitrogens with zero attached hydrogens (tertiary/aromatic N) is 4. The molecule has 0 saturated heterocycles. The number of halogens is 7. The van der Waals surface area contributed by atoms with Crippen molar-refractivity contribution in [3.05, 3.63) is 63.2 Å². The Morgan fingerprint density at radius 3 is 2.39 bits per heavy atom. The van der Waals surface area contributed by atoms with Crippen molar-refractivity contribution in [1.29, 1.82) is 0 Å². The van der Waals surface area contributed by atoms with Crippen LogP contribution in [0.15, 0.2) is 24.3 Å². The topological polar surface area (TPSA) is 64.7 Å². The van der Waals surface area contributed by atoms with Gasteiger partial charge in [-0.3, -0.25) is 14.2 Å². The number of nitrogens with one attached hydrogen (secondary N) is 1. The van der Waals surface area contributed by atoms with E-state index in [0.717, 1.165) is 16.8 Å². The van der Waals surface area contributed by atoms with Crippen molar-refractivity contribution in [2.75, 3.05) is 5.32 Å². The van der Waals surface area contributed by atoms with Crippen LogP contribution in [0.1, 0.15) is 65.6 Å². The molecule has 1 aliphatic carbocycles. The zero-order chi connectivity index (χ0) is 26.6. The number of rotatable bonds is 6. The largest absolute Gasteiger partial charge is 0.436 e.